The molecule has 1 atom stereocenters. The molecule has 1 unspecified atom stereocenters. The van der Waals surface area contributed by atoms with Crippen molar-refractivity contribution in [2.24, 2.45) is 5.92 Å². The van der Waals surface area contributed by atoms with E-state index in [9.17, 15) is 4.79 Å². The summed E-state index contributed by atoms with van der Waals surface area (Å²) < 4.78 is 0. The van der Waals surface area contributed by atoms with Crippen LogP contribution in [0.15, 0.2) is 17.0 Å². The number of thioether (sulfide) groups is 1. The molecule has 1 amide bonds. The molecule has 0 fully saturated rings. The summed E-state index contributed by atoms with van der Waals surface area (Å²) in [7, 11) is 0. The summed E-state index contributed by atoms with van der Waals surface area (Å²) in [5.41, 5.74) is 0.399. The van der Waals surface area contributed by atoms with Crippen LogP contribution in [0.4, 0.5) is 0 Å². The molecule has 6 heteroatoms. The van der Waals surface area contributed by atoms with E-state index < -0.39 is 0 Å². The van der Waals surface area contributed by atoms with Gasteiger partial charge in [0.25, 0.3) is 5.91 Å². The van der Waals surface area contributed by atoms with Gasteiger partial charge in [-0.2, -0.15) is 0 Å². The molecule has 0 saturated heterocycles. The van der Waals surface area contributed by atoms with Crippen molar-refractivity contribution in [3.05, 3.63) is 27.7 Å². The minimum absolute atomic E-state index is 0.0139. The van der Waals surface area contributed by atoms with E-state index in [0.29, 0.717) is 22.2 Å². The van der Waals surface area contributed by atoms with Gasteiger partial charge in [-0.1, -0.05) is 30.1 Å². The Morgan fingerprint density at radius 2 is 2.11 bits per heavy atom. The van der Waals surface area contributed by atoms with Gasteiger partial charge in [-0.25, -0.2) is 0 Å². The zero-order chi connectivity index (χ0) is 13.7. The largest absolute Gasteiger partial charge is 0.396 e. The molecule has 0 spiro atoms. The Hall–Kier alpha value is -0.420. The van der Waals surface area contributed by atoms with Crippen LogP contribution in [0.5, 0.6) is 0 Å². The highest BCUT2D eigenvalue weighted by atomic mass is 35.5. The Morgan fingerprint density at radius 3 is 2.67 bits per heavy atom. The third-order valence-corrected chi connectivity index (χ3v) is 3.92. The van der Waals surface area contributed by atoms with Crippen molar-refractivity contribution >= 4 is 40.9 Å². The van der Waals surface area contributed by atoms with Crippen LogP contribution in [0.3, 0.4) is 0 Å². The van der Waals surface area contributed by atoms with Gasteiger partial charge in [0, 0.05) is 18.0 Å². The third-order valence-electron chi connectivity index (χ3n) is 2.41. The monoisotopic (exact) mass is 307 g/mol. The van der Waals surface area contributed by atoms with E-state index in [4.69, 9.17) is 28.3 Å². The highest BCUT2D eigenvalue weighted by Crippen LogP contribution is 2.31. The number of aliphatic hydroxyl groups excluding tert-OH is 1. The summed E-state index contributed by atoms with van der Waals surface area (Å²) in [6.07, 6.45) is 1.88. The van der Waals surface area contributed by atoms with Gasteiger partial charge in [-0.05, 0) is 24.3 Å². The summed E-state index contributed by atoms with van der Waals surface area (Å²) in [6, 6.07) is 3.24. The fourth-order valence-corrected chi connectivity index (χ4v) is 2.48. The van der Waals surface area contributed by atoms with Gasteiger partial charge in [0.15, 0.2) is 0 Å². The van der Waals surface area contributed by atoms with Gasteiger partial charge in [0.05, 0.1) is 15.6 Å². The lowest BCUT2D eigenvalue weighted by molar-refractivity contribution is 0.0942. The molecule has 3 nitrogen and oxygen atoms in total. The molecule has 0 radical (unpaired) electrons. The normalized spacial score (nSPS) is 12.3. The zero-order valence-corrected chi connectivity index (χ0v) is 12.5. The van der Waals surface area contributed by atoms with E-state index in [1.165, 1.54) is 11.8 Å². The predicted octanol–water partition coefficient (Wildman–Crippen LogP) is 3.07. The van der Waals surface area contributed by atoms with Crippen LogP contribution in [0.25, 0.3) is 0 Å². The van der Waals surface area contributed by atoms with E-state index in [1.807, 2.05) is 13.2 Å². The number of hydrogen-bond acceptors (Lipinski definition) is 3. The second kappa shape index (κ2) is 7.24. The third kappa shape index (κ3) is 4.05. The second-order valence-electron chi connectivity index (χ2n) is 3.96. The van der Waals surface area contributed by atoms with Crippen molar-refractivity contribution in [2.45, 2.75) is 11.8 Å². The van der Waals surface area contributed by atoms with Crippen molar-refractivity contribution in [3.8, 4) is 0 Å². The number of rotatable bonds is 5. The minimum Gasteiger partial charge on any atom is -0.396 e. The van der Waals surface area contributed by atoms with Crippen LogP contribution in [-0.4, -0.2) is 30.4 Å². The molecule has 0 saturated carbocycles. The highest BCUT2D eigenvalue weighted by Gasteiger charge is 2.14. The summed E-state index contributed by atoms with van der Waals surface area (Å²) in [5, 5.41) is 12.5. The number of benzene rings is 1. The molecule has 18 heavy (non-hydrogen) atoms. The topological polar surface area (TPSA) is 49.3 Å². The van der Waals surface area contributed by atoms with E-state index >= 15 is 0 Å². The lowest BCUT2D eigenvalue weighted by atomic mass is 10.1. The molecule has 1 aromatic carbocycles. The van der Waals surface area contributed by atoms with E-state index in [-0.39, 0.29) is 18.4 Å². The Bertz CT molecular complexity index is 440. The molecule has 100 valence electrons. The van der Waals surface area contributed by atoms with Crippen LogP contribution in [0.2, 0.25) is 10.0 Å². The summed E-state index contributed by atoms with van der Waals surface area (Å²) in [4.78, 5) is 12.7. The Labute approximate surface area is 121 Å². The molecule has 2 N–H and O–H groups in total. The maximum Gasteiger partial charge on any atom is 0.252 e. The van der Waals surface area contributed by atoms with Crippen LogP contribution < -0.4 is 5.32 Å². The number of halogens is 2. The quantitative estimate of drug-likeness (QED) is 0.822. The first kappa shape index (κ1) is 15.6. The van der Waals surface area contributed by atoms with Crippen LogP contribution in [0, 0.1) is 5.92 Å². The van der Waals surface area contributed by atoms with Gasteiger partial charge in [0.2, 0.25) is 0 Å². The molecule has 0 aromatic heterocycles. The number of nitrogens with one attached hydrogen (secondary N) is 1. The average Bonchev–Trinajstić information content (AvgIpc) is 2.35. The molecule has 1 aromatic rings. The summed E-state index contributed by atoms with van der Waals surface area (Å²) in [6.45, 7) is 2.28. The first-order chi connectivity index (χ1) is 8.49. The minimum atomic E-state index is -0.257. The second-order valence-corrected chi connectivity index (χ2v) is 5.63. The van der Waals surface area contributed by atoms with Crippen molar-refractivity contribution < 1.29 is 9.90 Å². The van der Waals surface area contributed by atoms with Crippen molar-refractivity contribution in [3.63, 3.8) is 0 Å². The molecule has 1 rings (SSSR count). The molecule has 0 aliphatic heterocycles. The average molecular weight is 308 g/mol. The molecular formula is C12H15Cl2NO2S. The SMILES string of the molecule is CSc1cc(C(=O)NCC(C)CO)c(Cl)cc1Cl. The molecule has 0 bridgehead atoms. The van der Waals surface area contributed by atoms with Gasteiger partial charge in [-0.3, -0.25) is 4.79 Å². The Morgan fingerprint density at radius 1 is 1.44 bits per heavy atom. The Kier molecular flexibility index (Phi) is 6.29. The summed E-state index contributed by atoms with van der Waals surface area (Å²) >= 11 is 13.4. The molecule has 0 aliphatic rings. The standard InChI is InChI=1S/C12H15Cl2NO2S/c1-7(6-16)5-15-12(17)8-3-11(18-2)10(14)4-9(8)13/h3-4,7,16H,5-6H2,1-2H3,(H,15,17). The number of carbonyl (C=O) groups is 1. The van der Waals surface area contributed by atoms with E-state index in [1.54, 1.807) is 12.1 Å². The van der Waals surface area contributed by atoms with Crippen LogP contribution in [-0.2, 0) is 0 Å². The van der Waals surface area contributed by atoms with E-state index in [2.05, 4.69) is 5.32 Å². The van der Waals surface area contributed by atoms with Crippen LogP contribution in [0.1, 0.15) is 17.3 Å². The number of amides is 1. The molecule has 0 heterocycles. The van der Waals surface area contributed by atoms with Gasteiger partial charge >= 0.3 is 0 Å². The maximum atomic E-state index is 11.9. The Balaban J connectivity index is 2.85. The fourth-order valence-electron chi connectivity index (χ4n) is 1.29. The first-order valence-corrected chi connectivity index (χ1v) is 7.39. The lowest BCUT2D eigenvalue weighted by Crippen LogP contribution is -2.29. The van der Waals surface area contributed by atoms with Crippen molar-refractivity contribution in [1.82, 2.24) is 5.32 Å². The first-order valence-electron chi connectivity index (χ1n) is 5.41. The number of hydrogen-bond donors (Lipinski definition) is 2. The smallest absolute Gasteiger partial charge is 0.252 e. The van der Waals surface area contributed by atoms with E-state index in [0.717, 1.165) is 4.90 Å². The highest BCUT2D eigenvalue weighted by molar-refractivity contribution is 7.98. The predicted molar refractivity (Wildman–Crippen MR) is 76.8 cm³/mol. The fraction of sp³-hybridized carbons (Fsp3) is 0.417. The molecule has 0 aliphatic carbocycles. The molecular weight excluding hydrogens is 293 g/mol. The number of aliphatic hydroxyl groups is 1. The maximum absolute atomic E-state index is 11.9. The van der Waals surface area contributed by atoms with Gasteiger partial charge < -0.3 is 10.4 Å². The van der Waals surface area contributed by atoms with Crippen molar-refractivity contribution in [2.75, 3.05) is 19.4 Å². The summed E-state index contributed by atoms with van der Waals surface area (Å²) in [5.74, 6) is -0.243. The lowest BCUT2D eigenvalue weighted by Gasteiger charge is -2.12. The number of carbonyl (C=O) groups excluding carboxylic acids is 1. The zero-order valence-electron chi connectivity index (χ0n) is 10.2. The van der Waals surface area contributed by atoms with Gasteiger partial charge in [-0.15, -0.1) is 11.8 Å². The van der Waals surface area contributed by atoms with Gasteiger partial charge in [0.1, 0.15) is 0 Å². The van der Waals surface area contributed by atoms with Crippen LogP contribution >= 0.6 is 35.0 Å². The van der Waals surface area contributed by atoms with Crippen molar-refractivity contribution in [1.29, 1.82) is 0 Å².